The summed E-state index contributed by atoms with van der Waals surface area (Å²) in [6.07, 6.45) is 5.80. The number of ether oxygens (including phenoxy) is 1. The predicted molar refractivity (Wildman–Crippen MR) is 85.6 cm³/mol. The van der Waals surface area contributed by atoms with Gasteiger partial charge >= 0.3 is 0 Å². The number of hydrogen-bond donors (Lipinski definition) is 0. The molecule has 2 saturated carbocycles. The van der Waals surface area contributed by atoms with Crippen LogP contribution in [0.4, 0.5) is 0 Å². The highest BCUT2D eigenvalue weighted by molar-refractivity contribution is 9.09. The van der Waals surface area contributed by atoms with Crippen LogP contribution in [0.5, 0.6) is 5.75 Å². The van der Waals surface area contributed by atoms with Gasteiger partial charge < -0.3 is 4.74 Å². The molecule has 1 aliphatic heterocycles. The Morgan fingerprint density at radius 3 is 2.60 bits per heavy atom. The van der Waals surface area contributed by atoms with E-state index in [1.54, 1.807) is 0 Å². The van der Waals surface area contributed by atoms with Crippen LogP contribution in [0.25, 0.3) is 0 Å². The lowest BCUT2D eigenvalue weighted by Gasteiger charge is -2.17. The van der Waals surface area contributed by atoms with Crippen molar-refractivity contribution in [2.24, 2.45) is 17.8 Å². The zero-order valence-electron chi connectivity index (χ0n) is 12.4. The summed E-state index contributed by atoms with van der Waals surface area (Å²) in [7, 11) is 0. The average Bonchev–Trinajstić information content (AvgIpc) is 3.10. The molecule has 2 aliphatic carbocycles. The molecule has 0 aromatic heterocycles. The van der Waals surface area contributed by atoms with E-state index < -0.39 is 0 Å². The van der Waals surface area contributed by atoms with Crippen molar-refractivity contribution in [3.05, 3.63) is 29.3 Å². The molecule has 3 aliphatic rings. The summed E-state index contributed by atoms with van der Waals surface area (Å²) in [5, 5.41) is 0. The van der Waals surface area contributed by atoms with E-state index in [1.807, 2.05) is 0 Å². The van der Waals surface area contributed by atoms with Gasteiger partial charge in [0.1, 0.15) is 5.75 Å². The number of halogens is 1. The quantitative estimate of drug-likeness (QED) is 0.673. The minimum absolute atomic E-state index is 0.161. The van der Waals surface area contributed by atoms with Crippen LogP contribution in [0.2, 0.25) is 0 Å². The van der Waals surface area contributed by atoms with Crippen molar-refractivity contribution in [2.45, 2.75) is 49.8 Å². The zero-order chi connectivity index (χ0) is 13.9. The first kappa shape index (κ1) is 13.2. The molecule has 0 radical (unpaired) electrons. The minimum Gasteiger partial charge on any atom is -0.492 e. The molecule has 1 heterocycles. The van der Waals surface area contributed by atoms with E-state index in [2.05, 4.69) is 48.0 Å². The Balaban J connectivity index is 1.60. The van der Waals surface area contributed by atoms with E-state index >= 15 is 0 Å². The lowest BCUT2D eigenvalue weighted by molar-refractivity contribution is 0.291. The topological polar surface area (TPSA) is 9.23 Å². The van der Waals surface area contributed by atoms with Gasteiger partial charge in [0.2, 0.25) is 0 Å². The van der Waals surface area contributed by atoms with Gasteiger partial charge in [-0.25, -0.2) is 0 Å². The maximum absolute atomic E-state index is 5.80. The Kier molecular flexibility index (Phi) is 2.96. The first-order valence-electron chi connectivity index (χ1n) is 7.99. The first-order valence-corrected chi connectivity index (χ1v) is 8.91. The number of fused-ring (bicyclic) bond motifs is 2. The van der Waals surface area contributed by atoms with Crippen molar-refractivity contribution in [2.75, 3.05) is 6.61 Å². The summed E-state index contributed by atoms with van der Waals surface area (Å²) in [4.78, 5) is 0.539. The molecule has 108 valence electrons. The fraction of sp³-hybridized carbons (Fsp3) is 0.667. The SMILES string of the molecule is CC1(C)COc2ccc(C(Br)C3C4CCCCC43)cc21. The van der Waals surface area contributed by atoms with Crippen molar-refractivity contribution in [3.8, 4) is 5.75 Å². The predicted octanol–water partition coefficient (Wildman–Crippen LogP) is 5.23. The van der Waals surface area contributed by atoms with Gasteiger partial charge in [0.15, 0.2) is 0 Å². The van der Waals surface area contributed by atoms with Crippen molar-refractivity contribution in [1.82, 2.24) is 0 Å². The van der Waals surface area contributed by atoms with Gasteiger partial charge in [-0.3, -0.25) is 0 Å². The lowest BCUT2D eigenvalue weighted by Crippen LogP contribution is -2.18. The van der Waals surface area contributed by atoms with E-state index in [-0.39, 0.29) is 5.41 Å². The molecule has 0 bridgehead atoms. The van der Waals surface area contributed by atoms with Gasteiger partial charge in [0, 0.05) is 15.8 Å². The number of hydrogen-bond acceptors (Lipinski definition) is 1. The lowest BCUT2D eigenvalue weighted by atomic mass is 9.85. The molecule has 1 nitrogen and oxygen atoms in total. The summed E-state index contributed by atoms with van der Waals surface area (Å²) in [6, 6.07) is 6.84. The molecule has 0 amide bonds. The largest absolute Gasteiger partial charge is 0.492 e. The molecular formula is C18H23BrO. The first-order chi connectivity index (χ1) is 9.58. The van der Waals surface area contributed by atoms with Crippen molar-refractivity contribution in [3.63, 3.8) is 0 Å². The molecule has 4 rings (SSSR count). The second-order valence-electron chi connectivity index (χ2n) is 7.52. The van der Waals surface area contributed by atoms with Crippen LogP contribution in [0, 0.1) is 17.8 Å². The van der Waals surface area contributed by atoms with Crippen LogP contribution < -0.4 is 4.74 Å². The summed E-state index contributed by atoms with van der Waals surface area (Å²) >= 11 is 4.01. The van der Waals surface area contributed by atoms with Gasteiger partial charge in [-0.2, -0.15) is 0 Å². The minimum atomic E-state index is 0.161. The van der Waals surface area contributed by atoms with Gasteiger partial charge in [-0.15, -0.1) is 0 Å². The molecule has 1 aromatic carbocycles. The number of alkyl halides is 1. The maximum Gasteiger partial charge on any atom is 0.123 e. The normalized spacial score (nSPS) is 34.9. The maximum atomic E-state index is 5.80. The highest BCUT2D eigenvalue weighted by atomic mass is 79.9. The smallest absolute Gasteiger partial charge is 0.123 e. The molecule has 0 saturated heterocycles. The standard InChI is InChI=1S/C18H23BrO/c1-18(2)10-20-15-8-7-11(9-14(15)18)17(19)16-12-5-3-4-6-13(12)16/h7-9,12-13,16-17H,3-6,10H2,1-2H3. The molecule has 20 heavy (non-hydrogen) atoms. The van der Waals surface area contributed by atoms with E-state index in [0.717, 1.165) is 30.1 Å². The van der Waals surface area contributed by atoms with E-state index in [1.165, 1.54) is 36.8 Å². The summed E-state index contributed by atoms with van der Waals surface area (Å²) in [6.45, 7) is 5.37. The molecule has 3 atom stereocenters. The Labute approximate surface area is 130 Å². The van der Waals surface area contributed by atoms with Gasteiger partial charge in [-0.05, 0) is 42.2 Å². The summed E-state index contributed by atoms with van der Waals surface area (Å²) in [5.74, 6) is 3.95. The van der Waals surface area contributed by atoms with Crippen LogP contribution in [0.1, 0.15) is 55.5 Å². The second kappa shape index (κ2) is 4.50. The summed E-state index contributed by atoms with van der Waals surface area (Å²) in [5.41, 5.74) is 3.01. The molecule has 3 unspecified atom stereocenters. The highest BCUT2D eigenvalue weighted by Crippen LogP contribution is 2.63. The molecule has 1 aromatic rings. The Morgan fingerprint density at radius 1 is 1.20 bits per heavy atom. The highest BCUT2D eigenvalue weighted by Gasteiger charge is 2.53. The van der Waals surface area contributed by atoms with Crippen LogP contribution in [-0.4, -0.2) is 6.61 Å². The van der Waals surface area contributed by atoms with Crippen molar-refractivity contribution < 1.29 is 4.74 Å². The third-order valence-corrected chi connectivity index (χ3v) is 6.84. The third kappa shape index (κ3) is 1.94. The molecule has 2 fully saturated rings. The Morgan fingerprint density at radius 2 is 1.90 bits per heavy atom. The van der Waals surface area contributed by atoms with Crippen LogP contribution >= 0.6 is 15.9 Å². The number of rotatable bonds is 2. The van der Waals surface area contributed by atoms with Crippen LogP contribution in [0.15, 0.2) is 18.2 Å². The van der Waals surface area contributed by atoms with Crippen molar-refractivity contribution in [1.29, 1.82) is 0 Å². The summed E-state index contributed by atoms with van der Waals surface area (Å²) < 4.78 is 5.80. The average molecular weight is 335 g/mol. The Hall–Kier alpha value is -0.500. The molecule has 2 heteroatoms. The van der Waals surface area contributed by atoms with Gasteiger partial charge in [0.05, 0.1) is 6.61 Å². The molecular weight excluding hydrogens is 312 g/mol. The molecule has 0 spiro atoms. The molecule has 0 N–H and O–H groups in total. The fourth-order valence-electron chi connectivity index (χ4n) is 4.41. The zero-order valence-corrected chi connectivity index (χ0v) is 13.9. The monoisotopic (exact) mass is 334 g/mol. The van der Waals surface area contributed by atoms with Gasteiger partial charge in [0.25, 0.3) is 0 Å². The fourth-order valence-corrected chi connectivity index (χ4v) is 5.48. The third-order valence-electron chi connectivity index (χ3n) is 5.70. The second-order valence-corrected chi connectivity index (χ2v) is 8.51. The van der Waals surface area contributed by atoms with E-state index in [4.69, 9.17) is 4.74 Å². The van der Waals surface area contributed by atoms with Crippen LogP contribution in [0.3, 0.4) is 0 Å². The van der Waals surface area contributed by atoms with Gasteiger partial charge in [-0.1, -0.05) is 54.8 Å². The van der Waals surface area contributed by atoms with E-state index in [0.29, 0.717) is 4.83 Å². The Bertz CT molecular complexity index is 524. The number of benzene rings is 1. The van der Waals surface area contributed by atoms with Crippen molar-refractivity contribution >= 4 is 15.9 Å². The van der Waals surface area contributed by atoms with E-state index in [9.17, 15) is 0 Å². The van der Waals surface area contributed by atoms with Crippen LogP contribution in [-0.2, 0) is 5.41 Å².